The smallest absolute Gasteiger partial charge is 0.340 e. The topological polar surface area (TPSA) is 81.3 Å². The number of carbonyl (C=O) groups is 2. The van der Waals surface area contributed by atoms with Gasteiger partial charge in [0.25, 0.3) is 0 Å². The fraction of sp³-hybridized carbons (Fsp3) is 0.500. The van der Waals surface area contributed by atoms with Crippen LogP contribution in [0.15, 0.2) is 18.2 Å². The first-order valence-corrected chi connectivity index (χ1v) is 9.87. The molecule has 0 bridgehead atoms. The van der Waals surface area contributed by atoms with E-state index in [1.54, 1.807) is 12.1 Å². The predicted molar refractivity (Wildman–Crippen MR) is 103 cm³/mol. The second-order valence-electron chi connectivity index (χ2n) is 7.88. The monoisotopic (exact) mass is 380 g/mol. The number of nitrogens with zero attached hydrogens (tertiary/aromatic N) is 2. The first-order valence-electron chi connectivity index (χ1n) is 9.87. The summed E-state index contributed by atoms with van der Waals surface area (Å²) in [5, 5.41) is 10.3. The summed E-state index contributed by atoms with van der Waals surface area (Å²) in [5.74, 6) is -0.533. The Morgan fingerprint density at radius 3 is 2.54 bits per heavy atom. The zero-order valence-electron chi connectivity index (χ0n) is 16.3. The van der Waals surface area contributed by atoms with Gasteiger partial charge in [-0.2, -0.15) is 5.26 Å². The van der Waals surface area contributed by atoms with E-state index in [9.17, 15) is 14.9 Å². The van der Waals surface area contributed by atoms with E-state index in [0.717, 1.165) is 48.7 Å². The quantitative estimate of drug-likeness (QED) is 0.578. The fourth-order valence-electron chi connectivity index (χ4n) is 4.37. The summed E-state index contributed by atoms with van der Waals surface area (Å²) in [6, 6.07) is 7.95. The van der Waals surface area contributed by atoms with Gasteiger partial charge in [0.1, 0.15) is 5.75 Å². The molecule has 2 aromatic rings. The number of rotatable bonds is 4. The zero-order valence-corrected chi connectivity index (χ0v) is 16.3. The van der Waals surface area contributed by atoms with Crippen molar-refractivity contribution in [2.24, 2.45) is 5.41 Å². The number of carbonyl (C=O) groups excluding carboxylic acids is 2. The lowest BCUT2D eigenvalue weighted by atomic mass is 9.75. The number of nitriles is 1. The van der Waals surface area contributed by atoms with Crippen molar-refractivity contribution < 1.29 is 19.1 Å². The van der Waals surface area contributed by atoms with Gasteiger partial charge in [0.15, 0.2) is 5.41 Å². The maximum absolute atomic E-state index is 12.8. The summed E-state index contributed by atoms with van der Waals surface area (Å²) in [7, 11) is 1.37. The highest BCUT2D eigenvalue weighted by Gasteiger charge is 2.42. The molecule has 28 heavy (non-hydrogen) atoms. The molecule has 0 saturated heterocycles. The number of hydrogen-bond donors (Lipinski definition) is 0. The normalized spacial score (nSPS) is 18.5. The molecule has 0 amide bonds. The average Bonchev–Trinajstić information content (AvgIpc) is 3.51. The summed E-state index contributed by atoms with van der Waals surface area (Å²) < 4.78 is 12.8. The van der Waals surface area contributed by atoms with Crippen LogP contribution < -0.4 is 4.74 Å². The van der Waals surface area contributed by atoms with E-state index < -0.39 is 17.4 Å². The van der Waals surface area contributed by atoms with Crippen molar-refractivity contribution in [3.63, 3.8) is 0 Å². The van der Waals surface area contributed by atoms with Crippen LogP contribution in [0.5, 0.6) is 5.75 Å². The molecular weight excluding hydrogens is 356 g/mol. The molecule has 0 radical (unpaired) electrons. The van der Waals surface area contributed by atoms with E-state index in [1.807, 2.05) is 13.0 Å². The van der Waals surface area contributed by atoms with Crippen LogP contribution in [0.25, 0.3) is 10.9 Å². The Bertz CT molecular complexity index is 988. The molecule has 4 rings (SSSR count). The Balaban J connectivity index is 1.72. The number of esters is 2. The van der Waals surface area contributed by atoms with Crippen molar-refractivity contribution in [1.29, 1.82) is 5.26 Å². The molecule has 146 valence electrons. The van der Waals surface area contributed by atoms with Crippen LogP contribution in [0, 0.1) is 23.7 Å². The van der Waals surface area contributed by atoms with E-state index in [0.29, 0.717) is 30.2 Å². The summed E-state index contributed by atoms with van der Waals surface area (Å²) in [6.07, 6.45) is 6.01. The molecule has 0 spiro atoms. The third-order valence-corrected chi connectivity index (χ3v) is 6.04. The number of ether oxygens (including phenoxy) is 2. The van der Waals surface area contributed by atoms with Crippen LogP contribution in [-0.4, -0.2) is 23.6 Å². The predicted octanol–water partition coefficient (Wildman–Crippen LogP) is 4.45. The van der Waals surface area contributed by atoms with Crippen LogP contribution in [0.1, 0.15) is 67.0 Å². The van der Waals surface area contributed by atoms with Gasteiger partial charge in [0.05, 0.1) is 18.7 Å². The molecule has 2 saturated carbocycles. The number of hydrogen-bond acceptors (Lipinski definition) is 5. The summed E-state index contributed by atoms with van der Waals surface area (Å²) in [4.78, 5) is 25.2. The second-order valence-corrected chi connectivity index (χ2v) is 7.88. The van der Waals surface area contributed by atoms with Gasteiger partial charge < -0.3 is 14.0 Å². The summed E-state index contributed by atoms with van der Waals surface area (Å²) in [6.45, 7) is 1.92. The Morgan fingerprint density at radius 2 is 1.93 bits per heavy atom. The van der Waals surface area contributed by atoms with Crippen LogP contribution in [0.4, 0.5) is 0 Å². The van der Waals surface area contributed by atoms with Gasteiger partial charge in [0, 0.05) is 22.6 Å². The molecule has 1 aromatic heterocycles. The van der Waals surface area contributed by atoms with Crippen LogP contribution in [-0.2, 0) is 9.53 Å². The largest absolute Gasteiger partial charge is 0.465 e. The maximum Gasteiger partial charge on any atom is 0.340 e. The maximum atomic E-state index is 12.8. The highest BCUT2D eigenvalue weighted by atomic mass is 16.5. The molecule has 1 heterocycles. The molecule has 0 unspecified atom stereocenters. The molecular formula is C22H24N2O4. The lowest BCUT2D eigenvalue weighted by molar-refractivity contribution is -0.144. The Labute approximate surface area is 164 Å². The third-order valence-electron chi connectivity index (χ3n) is 6.04. The molecule has 2 aliphatic carbocycles. The highest BCUT2D eigenvalue weighted by molar-refractivity contribution is 6.06. The van der Waals surface area contributed by atoms with Crippen molar-refractivity contribution in [3.05, 3.63) is 29.5 Å². The fourth-order valence-corrected chi connectivity index (χ4v) is 4.37. The number of aromatic nitrogens is 1. The summed E-state index contributed by atoms with van der Waals surface area (Å²) in [5.41, 5.74) is 1.25. The van der Waals surface area contributed by atoms with E-state index in [2.05, 4.69) is 10.6 Å². The standard InChI is InChI=1S/C22H24N2O4/c1-14-19(20(25)27-2)17-12-16(8-9-18(17)24(14)15-6-7-15)28-21(26)22(13-23)10-4-3-5-11-22/h8-9,12,15H,3-7,10-11H2,1-2H3. The second kappa shape index (κ2) is 6.97. The molecule has 6 nitrogen and oxygen atoms in total. The number of methoxy groups -OCH3 is 1. The Morgan fingerprint density at radius 1 is 1.21 bits per heavy atom. The first kappa shape index (κ1) is 18.5. The van der Waals surface area contributed by atoms with Gasteiger partial charge in [-0.05, 0) is 50.8 Å². The number of fused-ring (bicyclic) bond motifs is 1. The minimum absolute atomic E-state index is 0.357. The molecule has 6 heteroatoms. The van der Waals surface area contributed by atoms with Gasteiger partial charge in [-0.1, -0.05) is 19.3 Å². The average molecular weight is 380 g/mol. The minimum atomic E-state index is -1.06. The lowest BCUT2D eigenvalue weighted by Gasteiger charge is -2.28. The first-order chi connectivity index (χ1) is 13.5. The van der Waals surface area contributed by atoms with Gasteiger partial charge in [-0.15, -0.1) is 0 Å². The van der Waals surface area contributed by atoms with Crippen molar-refractivity contribution in [2.75, 3.05) is 7.11 Å². The summed E-state index contributed by atoms with van der Waals surface area (Å²) >= 11 is 0. The Hall–Kier alpha value is -2.81. The lowest BCUT2D eigenvalue weighted by Crippen LogP contribution is -2.35. The molecule has 2 fully saturated rings. The van der Waals surface area contributed by atoms with Crippen molar-refractivity contribution >= 4 is 22.8 Å². The van der Waals surface area contributed by atoms with Gasteiger partial charge in [0.2, 0.25) is 0 Å². The van der Waals surface area contributed by atoms with E-state index in [4.69, 9.17) is 9.47 Å². The zero-order chi connectivity index (χ0) is 19.9. The van der Waals surface area contributed by atoms with Crippen LogP contribution in [0.3, 0.4) is 0 Å². The van der Waals surface area contributed by atoms with Crippen LogP contribution in [0.2, 0.25) is 0 Å². The molecule has 0 N–H and O–H groups in total. The van der Waals surface area contributed by atoms with E-state index in [-0.39, 0.29) is 0 Å². The van der Waals surface area contributed by atoms with Gasteiger partial charge in [-0.25, -0.2) is 9.59 Å². The van der Waals surface area contributed by atoms with Crippen LogP contribution >= 0.6 is 0 Å². The van der Waals surface area contributed by atoms with E-state index >= 15 is 0 Å². The minimum Gasteiger partial charge on any atom is -0.465 e. The van der Waals surface area contributed by atoms with E-state index in [1.165, 1.54) is 7.11 Å². The molecule has 1 aromatic carbocycles. The molecule has 2 aliphatic rings. The molecule has 0 aliphatic heterocycles. The van der Waals surface area contributed by atoms with Crippen molar-refractivity contribution in [3.8, 4) is 11.8 Å². The number of benzene rings is 1. The van der Waals surface area contributed by atoms with Crippen molar-refractivity contribution in [1.82, 2.24) is 4.57 Å². The Kier molecular flexibility index (Phi) is 4.62. The van der Waals surface area contributed by atoms with Gasteiger partial charge in [-0.3, -0.25) is 0 Å². The molecule has 0 atom stereocenters. The SMILES string of the molecule is COC(=O)c1c(C)n(C2CC2)c2ccc(OC(=O)C3(C#N)CCCCC3)cc12. The van der Waals surface area contributed by atoms with Gasteiger partial charge >= 0.3 is 11.9 Å². The highest BCUT2D eigenvalue weighted by Crippen LogP contribution is 2.42. The third kappa shape index (κ3) is 2.95. The van der Waals surface area contributed by atoms with Crippen molar-refractivity contribution in [2.45, 2.75) is 57.9 Å².